The number of nitrogens with one attached hydrogen (secondary N) is 1. The maximum absolute atomic E-state index is 6.02. The van der Waals surface area contributed by atoms with E-state index in [1.54, 1.807) is 0 Å². The van der Waals surface area contributed by atoms with E-state index in [1.807, 2.05) is 25.0 Å². The van der Waals surface area contributed by atoms with Crippen LogP contribution in [-0.2, 0) is 24.8 Å². The molecule has 0 radical (unpaired) electrons. The molecular weight excluding hydrogens is 304 g/mol. The molecule has 24 heavy (non-hydrogen) atoms. The lowest BCUT2D eigenvalue weighted by Gasteiger charge is -2.31. The van der Waals surface area contributed by atoms with Gasteiger partial charge < -0.3 is 10.1 Å². The molecule has 0 aromatic carbocycles. The van der Waals surface area contributed by atoms with Gasteiger partial charge in [0.1, 0.15) is 11.9 Å². The van der Waals surface area contributed by atoms with Crippen LogP contribution in [0, 0.1) is 5.92 Å². The van der Waals surface area contributed by atoms with Crippen molar-refractivity contribution in [3.05, 3.63) is 35.3 Å². The van der Waals surface area contributed by atoms with E-state index >= 15 is 0 Å². The highest BCUT2D eigenvalue weighted by Gasteiger charge is 2.33. The first kappa shape index (κ1) is 15.5. The molecule has 2 aliphatic rings. The summed E-state index contributed by atoms with van der Waals surface area (Å²) in [4.78, 5) is 2.52. The molecule has 0 aliphatic carbocycles. The van der Waals surface area contributed by atoms with Gasteiger partial charge >= 0.3 is 0 Å². The van der Waals surface area contributed by atoms with Gasteiger partial charge in [-0.1, -0.05) is 0 Å². The van der Waals surface area contributed by atoms with Crippen LogP contribution in [0.3, 0.4) is 0 Å². The van der Waals surface area contributed by atoms with E-state index in [4.69, 9.17) is 4.74 Å². The fraction of sp³-hybridized carbons (Fsp3) is 0.588. The fourth-order valence-corrected chi connectivity index (χ4v) is 3.81. The predicted octanol–water partition coefficient (Wildman–Crippen LogP) is 1.39. The van der Waals surface area contributed by atoms with Crippen molar-refractivity contribution in [3.8, 4) is 0 Å². The quantitative estimate of drug-likeness (QED) is 0.915. The van der Waals surface area contributed by atoms with Crippen molar-refractivity contribution in [2.45, 2.75) is 25.5 Å². The van der Waals surface area contributed by atoms with Crippen molar-refractivity contribution in [1.82, 2.24) is 24.9 Å². The molecule has 1 N–H and O–H groups in total. The second-order valence-electron chi connectivity index (χ2n) is 6.66. The molecule has 2 aromatic rings. The zero-order valence-electron chi connectivity index (χ0n) is 14.3. The topological polar surface area (TPSA) is 68.1 Å². The van der Waals surface area contributed by atoms with Crippen LogP contribution in [0.15, 0.2) is 18.3 Å². The van der Waals surface area contributed by atoms with Gasteiger partial charge in [-0.15, -0.1) is 5.10 Å². The average molecular weight is 328 g/mol. The maximum Gasteiger partial charge on any atom is 0.148 e. The number of aromatic nitrogens is 4. The number of fused-ring (bicyclic) bond motifs is 1. The molecule has 0 spiro atoms. The summed E-state index contributed by atoms with van der Waals surface area (Å²) in [6.45, 7) is 3.86. The van der Waals surface area contributed by atoms with E-state index in [-0.39, 0.29) is 6.10 Å². The molecule has 2 aliphatic heterocycles. The van der Waals surface area contributed by atoms with Crippen LogP contribution >= 0.6 is 0 Å². The van der Waals surface area contributed by atoms with Gasteiger partial charge in [-0.25, -0.2) is 0 Å². The molecule has 7 nitrogen and oxygen atoms in total. The molecule has 128 valence electrons. The van der Waals surface area contributed by atoms with Gasteiger partial charge in [0.2, 0.25) is 0 Å². The summed E-state index contributed by atoms with van der Waals surface area (Å²) < 4.78 is 7.95. The van der Waals surface area contributed by atoms with E-state index in [1.165, 1.54) is 11.3 Å². The van der Waals surface area contributed by atoms with Gasteiger partial charge in [0, 0.05) is 58.9 Å². The van der Waals surface area contributed by atoms with Crippen LogP contribution in [0.5, 0.6) is 0 Å². The average Bonchev–Trinajstić information content (AvgIpc) is 3.22. The Bertz CT molecular complexity index is 715. The molecule has 7 heteroatoms. The van der Waals surface area contributed by atoms with E-state index in [0.717, 1.165) is 50.6 Å². The molecule has 2 aromatic heterocycles. The summed E-state index contributed by atoms with van der Waals surface area (Å²) >= 11 is 0. The molecule has 0 unspecified atom stereocenters. The predicted molar refractivity (Wildman–Crippen MR) is 90.6 cm³/mol. The molecule has 4 rings (SSSR count). The Hall–Kier alpha value is -1.99. The number of hydrogen-bond donors (Lipinski definition) is 1. The van der Waals surface area contributed by atoms with Crippen LogP contribution < -0.4 is 5.32 Å². The Morgan fingerprint density at radius 1 is 1.38 bits per heavy atom. The normalized spacial score (nSPS) is 24.1. The minimum absolute atomic E-state index is 0.155. The second kappa shape index (κ2) is 6.49. The van der Waals surface area contributed by atoms with Crippen LogP contribution in [0.25, 0.3) is 0 Å². The molecule has 1 saturated heterocycles. The van der Waals surface area contributed by atoms with Crippen LogP contribution in [0.2, 0.25) is 0 Å². The highest BCUT2D eigenvalue weighted by molar-refractivity contribution is 5.38. The summed E-state index contributed by atoms with van der Waals surface area (Å²) in [5.41, 5.74) is 3.60. The molecule has 0 amide bonds. The number of nitrogens with zero attached hydrogens (tertiary/aromatic N) is 5. The minimum atomic E-state index is 0.155. The highest BCUT2D eigenvalue weighted by atomic mass is 16.5. The molecule has 1 fully saturated rings. The molecule has 0 saturated carbocycles. The van der Waals surface area contributed by atoms with Gasteiger partial charge in [0.25, 0.3) is 0 Å². The van der Waals surface area contributed by atoms with E-state index in [2.05, 4.69) is 37.6 Å². The molecule has 2 atom stereocenters. The van der Waals surface area contributed by atoms with Gasteiger partial charge in [-0.2, -0.15) is 10.2 Å². The summed E-state index contributed by atoms with van der Waals surface area (Å²) in [5, 5.41) is 15.9. The number of anilines is 1. The molecular formula is C17H24N6O. The highest BCUT2D eigenvalue weighted by Crippen LogP contribution is 2.35. The Morgan fingerprint density at radius 2 is 2.29 bits per heavy atom. The van der Waals surface area contributed by atoms with Gasteiger partial charge in [0.15, 0.2) is 0 Å². The number of aryl methyl sites for hydroxylation is 1. The summed E-state index contributed by atoms with van der Waals surface area (Å²) in [6.07, 6.45) is 4.08. The summed E-state index contributed by atoms with van der Waals surface area (Å²) in [7, 11) is 3.87. The van der Waals surface area contributed by atoms with Gasteiger partial charge in [0.05, 0.1) is 11.4 Å². The third kappa shape index (κ3) is 2.89. The van der Waals surface area contributed by atoms with Crippen molar-refractivity contribution < 1.29 is 4.74 Å². The standard InChI is InChI=1S/C17H24N6O/c1-18-16-9-13-11-23(7-4-14(13)20-21-16)10-12-5-8-24-17(12)15-3-6-19-22(15)2/h3,6,9,12,17H,4-5,7-8,10-11H2,1-2H3,(H,18,21)/t12-,17+/m0/s1. The lowest BCUT2D eigenvalue weighted by molar-refractivity contribution is 0.0699. The monoisotopic (exact) mass is 328 g/mol. The SMILES string of the molecule is CNc1cc2c(nn1)CCN(C[C@@H]1CCO[C@H]1c1ccnn1C)C2. The summed E-state index contributed by atoms with van der Waals surface area (Å²) in [5.74, 6) is 1.35. The number of ether oxygens (including phenoxy) is 1. The van der Waals surface area contributed by atoms with Crippen molar-refractivity contribution >= 4 is 5.82 Å². The molecule has 4 heterocycles. The maximum atomic E-state index is 6.02. The Morgan fingerprint density at radius 3 is 3.08 bits per heavy atom. The largest absolute Gasteiger partial charge is 0.372 e. The summed E-state index contributed by atoms with van der Waals surface area (Å²) in [6, 6.07) is 4.20. The first-order valence-corrected chi connectivity index (χ1v) is 8.59. The zero-order valence-corrected chi connectivity index (χ0v) is 14.3. The number of hydrogen-bond acceptors (Lipinski definition) is 6. The van der Waals surface area contributed by atoms with Gasteiger partial charge in [-0.05, 0) is 24.1 Å². The lowest BCUT2D eigenvalue weighted by atomic mass is 9.96. The Kier molecular flexibility index (Phi) is 4.20. The Balaban J connectivity index is 1.46. The number of rotatable bonds is 4. The van der Waals surface area contributed by atoms with Crippen LogP contribution in [0.1, 0.15) is 29.5 Å². The van der Waals surface area contributed by atoms with Gasteiger partial charge in [-0.3, -0.25) is 9.58 Å². The molecule has 0 bridgehead atoms. The van der Waals surface area contributed by atoms with Crippen molar-refractivity contribution in [2.24, 2.45) is 13.0 Å². The van der Waals surface area contributed by atoms with E-state index in [0.29, 0.717) is 5.92 Å². The second-order valence-corrected chi connectivity index (χ2v) is 6.66. The first-order chi connectivity index (χ1) is 11.7. The zero-order chi connectivity index (χ0) is 16.5. The van der Waals surface area contributed by atoms with Crippen molar-refractivity contribution in [3.63, 3.8) is 0 Å². The van der Waals surface area contributed by atoms with E-state index in [9.17, 15) is 0 Å². The minimum Gasteiger partial charge on any atom is -0.372 e. The first-order valence-electron chi connectivity index (χ1n) is 8.59. The van der Waals surface area contributed by atoms with Crippen molar-refractivity contribution in [2.75, 3.05) is 32.1 Å². The Labute approximate surface area is 142 Å². The third-order valence-corrected chi connectivity index (χ3v) is 5.13. The lowest BCUT2D eigenvalue weighted by Crippen LogP contribution is -2.36. The third-order valence-electron chi connectivity index (χ3n) is 5.13. The smallest absolute Gasteiger partial charge is 0.148 e. The van der Waals surface area contributed by atoms with Crippen LogP contribution in [-0.4, -0.2) is 51.6 Å². The van der Waals surface area contributed by atoms with E-state index < -0.39 is 0 Å². The fourth-order valence-electron chi connectivity index (χ4n) is 3.81. The van der Waals surface area contributed by atoms with Crippen molar-refractivity contribution in [1.29, 1.82) is 0 Å². The van der Waals surface area contributed by atoms with Crippen LogP contribution in [0.4, 0.5) is 5.82 Å².